The standard InChI is InChI=1S/C18H23N3O3S/c1-2-24-15(22)11-14-19-17(21-7-9-23-10-8-21)16-12-5-3-4-6-13(12)25-18(16)20-14/h2-11H2,1H3. The molecule has 0 aromatic carbocycles. The van der Waals surface area contributed by atoms with E-state index < -0.39 is 0 Å². The van der Waals surface area contributed by atoms with E-state index in [0.717, 1.165) is 36.6 Å². The lowest BCUT2D eigenvalue weighted by Crippen LogP contribution is -2.37. The maximum atomic E-state index is 11.9. The van der Waals surface area contributed by atoms with Crippen molar-refractivity contribution in [1.29, 1.82) is 0 Å². The summed E-state index contributed by atoms with van der Waals surface area (Å²) in [5.41, 5.74) is 1.43. The number of hydrogen-bond donors (Lipinski definition) is 0. The number of nitrogens with zero attached hydrogens (tertiary/aromatic N) is 3. The number of rotatable bonds is 4. The Bertz CT molecular complexity index is 783. The molecule has 0 spiro atoms. The minimum absolute atomic E-state index is 0.129. The van der Waals surface area contributed by atoms with E-state index in [9.17, 15) is 4.79 Å². The van der Waals surface area contributed by atoms with E-state index in [2.05, 4.69) is 4.90 Å². The minimum Gasteiger partial charge on any atom is -0.466 e. The quantitative estimate of drug-likeness (QED) is 0.780. The second kappa shape index (κ2) is 7.25. The Hall–Kier alpha value is -1.73. The largest absolute Gasteiger partial charge is 0.466 e. The third kappa shape index (κ3) is 3.35. The maximum absolute atomic E-state index is 11.9. The fraction of sp³-hybridized carbons (Fsp3) is 0.611. The fourth-order valence-electron chi connectivity index (χ4n) is 3.61. The fourth-order valence-corrected chi connectivity index (χ4v) is 4.88. The van der Waals surface area contributed by atoms with E-state index in [0.29, 0.717) is 25.6 Å². The molecule has 0 N–H and O–H groups in total. The normalized spacial score (nSPS) is 17.6. The summed E-state index contributed by atoms with van der Waals surface area (Å²) in [5.74, 6) is 1.27. The molecule has 6 nitrogen and oxygen atoms in total. The summed E-state index contributed by atoms with van der Waals surface area (Å²) in [7, 11) is 0. The summed E-state index contributed by atoms with van der Waals surface area (Å²) in [6.45, 7) is 5.28. The zero-order chi connectivity index (χ0) is 17.2. The van der Waals surface area contributed by atoms with Gasteiger partial charge < -0.3 is 14.4 Å². The molecule has 1 aliphatic heterocycles. The van der Waals surface area contributed by atoms with E-state index in [1.165, 1.54) is 28.7 Å². The van der Waals surface area contributed by atoms with E-state index >= 15 is 0 Å². The van der Waals surface area contributed by atoms with Gasteiger partial charge >= 0.3 is 5.97 Å². The first-order chi connectivity index (χ1) is 12.3. The zero-order valence-electron chi connectivity index (χ0n) is 14.5. The van der Waals surface area contributed by atoms with Crippen LogP contribution in [0.1, 0.15) is 36.0 Å². The van der Waals surface area contributed by atoms with Crippen LogP contribution in [-0.4, -0.2) is 48.8 Å². The van der Waals surface area contributed by atoms with E-state index in [1.54, 1.807) is 11.3 Å². The molecule has 4 rings (SSSR count). The first-order valence-corrected chi connectivity index (χ1v) is 9.87. The van der Waals surface area contributed by atoms with Crippen molar-refractivity contribution < 1.29 is 14.3 Å². The molecule has 25 heavy (non-hydrogen) atoms. The lowest BCUT2D eigenvalue weighted by molar-refractivity contribution is -0.142. The molecule has 0 amide bonds. The van der Waals surface area contributed by atoms with Gasteiger partial charge in [0, 0.05) is 18.0 Å². The Labute approximate surface area is 151 Å². The predicted molar refractivity (Wildman–Crippen MR) is 97.4 cm³/mol. The summed E-state index contributed by atoms with van der Waals surface area (Å²) in [6.07, 6.45) is 4.84. The Balaban J connectivity index is 1.79. The molecule has 134 valence electrons. The molecule has 2 aromatic heterocycles. The van der Waals surface area contributed by atoms with Crippen molar-refractivity contribution in [3.8, 4) is 0 Å². The van der Waals surface area contributed by atoms with Crippen LogP contribution >= 0.6 is 11.3 Å². The lowest BCUT2D eigenvalue weighted by atomic mass is 9.97. The summed E-state index contributed by atoms with van der Waals surface area (Å²) < 4.78 is 10.6. The molecule has 7 heteroatoms. The monoisotopic (exact) mass is 361 g/mol. The summed E-state index contributed by atoms with van der Waals surface area (Å²) in [4.78, 5) is 26.1. The van der Waals surface area contributed by atoms with Crippen molar-refractivity contribution in [1.82, 2.24) is 9.97 Å². The predicted octanol–water partition coefficient (Wildman–Crippen LogP) is 2.51. The van der Waals surface area contributed by atoms with Crippen LogP contribution in [-0.2, 0) is 33.5 Å². The van der Waals surface area contributed by atoms with E-state index in [4.69, 9.17) is 19.4 Å². The number of anilines is 1. The minimum atomic E-state index is -0.268. The first-order valence-electron chi connectivity index (χ1n) is 9.05. The molecule has 0 unspecified atom stereocenters. The highest BCUT2D eigenvalue weighted by molar-refractivity contribution is 7.19. The van der Waals surface area contributed by atoms with Crippen molar-refractivity contribution >= 4 is 33.3 Å². The molecule has 2 aromatic rings. The van der Waals surface area contributed by atoms with Crippen molar-refractivity contribution in [3.05, 3.63) is 16.3 Å². The number of aryl methyl sites for hydroxylation is 2. The number of esters is 1. The number of ether oxygens (including phenoxy) is 2. The number of morpholine rings is 1. The molecule has 1 aliphatic carbocycles. The Morgan fingerprint density at radius 3 is 2.84 bits per heavy atom. The Morgan fingerprint density at radius 1 is 1.24 bits per heavy atom. The number of thiophene rings is 1. The van der Waals surface area contributed by atoms with Gasteiger partial charge in [-0.05, 0) is 38.2 Å². The highest BCUT2D eigenvalue weighted by Gasteiger charge is 2.25. The lowest BCUT2D eigenvalue weighted by Gasteiger charge is -2.29. The average molecular weight is 361 g/mol. The van der Waals surface area contributed by atoms with Gasteiger partial charge in [-0.15, -0.1) is 11.3 Å². The van der Waals surface area contributed by atoms with Crippen molar-refractivity contribution in [2.24, 2.45) is 0 Å². The number of fused-ring (bicyclic) bond motifs is 3. The number of hydrogen-bond acceptors (Lipinski definition) is 7. The molecule has 2 aliphatic rings. The van der Waals surface area contributed by atoms with E-state index in [1.807, 2.05) is 6.92 Å². The molecule has 0 bridgehead atoms. The third-order valence-corrected chi connectivity index (χ3v) is 5.95. The van der Waals surface area contributed by atoms with Gasteiger partial charge in [-0.2, -0.15) is 0 Å². The number of aromatic nitrogens is 2. The molecule has 0 atom stereocenters. The molecular formula is C18H23N3O3S. The van der Waals surface area contributed by atoms with Crippen molar-refractivity contribution in [2.45, 2.75) is 39.0 Å². The van der Waals surface area contributed by atoms with E-state index in [-0.39, 0.29) is 12.4 Å². The highest BCUT2D eigenvalue weighted by Crippen LogP contribution is 2.39. The molecule has 3 heterocycles. The van der Waals surface area contributed by atoms with Crippen LogP contribution in [0.2, 0.25) is 0 Å². The van der Waals surface area contributed by atoms with Crippen LogP contribution in [0.5, 0.6) is 0 Å². The third-order valence-electron chi connectivity index (χ3n) is 4.76. The molecule has 1 fully saturated rings. The smallest absolute Gasteiger partial charge is 0.313 e. The topological polar surface area (TPSA) is 64.5 Å². The second-order valence-corrected chi connectivity index (χ2v) is 7.52. The van der Waals surface area contributed by atoms with Gasteiger partial charge in [-0.3, -0.25) is 4.79 Å². The molecule has 0 radical (unpaired) electrons. The van der Waals surface area contributed by atoms with Gasteiger partial charge in [0.1, 0.15) is 22.9 Å². The SMILES string of the molecule is CCOC(=O)Cc1nc(N2CCOCC2)c2c3c(sc2n1)CCCC3. The average Bonchev–Trinajstić information content (AvgIpc) is 3.00. The van der Waals surface area contributed by atoms with Crippen LogP contribution in [0, 0.1) is 0 Å². The Morgan fingerprint density at radius 2 is 2.04 bits per heavy atom. The van der Waals surface area contributed by atoms with Crippen LogP contribution in [0.25, 0.3) is 10.2 Å². The number of carbonyl (C=O) groups is 1. The molecule has 1 saturated heterocycles. The molecular weight excluding hydrogens is 338 g/mol. The second-order valence-electron chi connectivity index (χ2n) is 6.44. The highest BCUT2D eigenvalue weighted by atomic mass is 32.1. The van der Waals surface area contributed by atoms with Crippen LogP contribution < -0.4 is 4.90 Å². The summed E-state index contributed by atoms with van der Waals surface area (Å²) in [6, 6.07) is 0. The van der Waals surface area contributed by atoms with Gasteiger partial charge in [0.25, 0.3) is 0 Å². The van der Waals surface area contributed by atoms with Gasteiger partial charge in [0.05, 0.1) is 25.2 Å². The number of carbonyl (C=O) groups excluding carboxylic acids is 1. The van der Waals surface area contributed by atoms with Gasteiger partial charge in [0.2, 0.25) is 0 Å². The van der Waals surface area contributed by atoms with Gasteiger partial charge in [0.15, 0.2) is 0 Å². The summed E-state index contributed by atoms with van der Waals surface area (Å²) in [5, 5.41) is 1.20. The van der Waals surface area contributed by atoms with Crippen molar-refractivity contribution in [3.63, 3.8) is 0 Å². The van der Waals surface area contributed by atoms with Crippen LogP contribution in [0.15, 0.2) is 0 Å². The van der Waals surface area contributed by atoms with Crippen LogP contribution in [0.3, 0.4) is 0 Å². The van der Waals surface area contributed by atoms with Crippen LogP contribution in [0.4, 0.5) is 5.82 Å². The molecule has 0 saturated carbocycles. The maximum Gasteiger partial charge on any atom is 0.313 e. The summed E-state index contributed by atoms with van der Waals surface area (Å²) >= 11 is 1.77. The Kier molecular flexibility index (Phi) is 4.85. The van der Waals surface area contributed by atoms with Crippen molar-refractivity contribution in [2.75, 3.05) is 37.8 Å². The zero-order valence-corrected chi connectivity index (χ0v) is 15.4. The van der Waals surface area contributed by atoms with Gasteiger partial charge in [-0.25, -0.2) is 9.97 Å². The van der Waals surface area contributed by atoms with Gasteiger partial charge in [-0.1, -0.05) is 0 Å². The first kappa shape index (κ1) is 16.7.